The smallest absolute Gasteiger partial charge is 0.0876 e. The third-order valence-corrected chi connectivity index (χ3v) is 3.67. The van der Waals surface area contributed by atoms with E-state index in [1.807, 2.05) is 6.26 Å². The number of rotatable bonds is 5. The van der Waals surface area contributed by atoms with Crippen LogP contribution in [-0.4, -0.2) is 13.2 Å². The highest BCUT2D eigenvalue weighted by molar-refractivity contribution is 5.37. The van der Waals surface area contributed by atoms with E-state index in [1.165, 1.54) is 22.3 Å². The van der Waals surface area contributed by atoms with E-state index in [4.69, 9.17) is 4.74 Å². The molecule has 104 valence electrons. The summed E-state index contributed by atoms with van der Waals surface area (Å²) in [7, 11) is 0. The van der Waals surface area contributed by atoms with Crippen LogP contribution in [-0.2, 0) is 4.74 Å². The zero-order chi connectivity index (χ0) is 13.7. The van der Waals surface area contributed by atoms with E-state index >= 15 is 0 Å². The van der Waals surface area contributed by atoms with Gasteiger partial charge in [-0.2, -0.15) is 0 Å². The molecule has 2 rings (SSSR count). The van der Waals surface area contributed by atoms with Crippen molar-refractivity contribution in [1.29, 1.82) is 0 Å². The van der Waals surface area contributed by atoms with Crippen LogP contribution >= 0.6 is 0 Å². The topological polar surface area (TPSA) is 21.3 Å². The zero-order valence-corrected chi connectivity index (χ0v) is 12.3. The molecular formula is C17H25NO. The molecule has 0 radical (unpaired) electrons. The largest absolute Gasteiger partial charge is 0.501 e. The van der Waals surface area contributed by atoms with Crippen LogP contribution in [0.15, 0.2) is 30.0 Å². The molecule has 1 unspecified atom stereocenters. The summed E-state index contributed by atoms with van der Waals surface area (Å²) in [5.74, 6) is 0. The molecule has 0 fully saturated rings. The summed E-state index contributed by atoms with van der Waals surface area (Å²) in [4.78, 5) is 0. The van der Waals surface area contributed by atoms with Crippen LogP contribution in [0.25, 0.3) is 0 Å². The van der Waals surface area contributed by atoms with E-state index < -0.39 is 0 Å². The molecule has 2 heteroatoms. The first-order valence-corrected chi connectivity index (χ1v) is 7.33. The van der Waals surface area contributed by atoms with Gasteiger partial charge in [0.1, 0.15) is 0 Å². The lowest BCUT2D eigenvalue weighted by Gasteiger charge is -2.26. The van der Waals surface area contributed by atoms with Crippen LogP contribution < -0.4 is 5.32 Å². The molecule has 2 nitrogen and oxygen atoms in total. The van der Waals surface area contributed by atoms with Gasteiger partial charge in [-0.15, -0.1) is 0 Å². The highest BCUT2D eigenvalue weighted by atomic mass is 16.5. The summed E-state index contributed by atoms with van der Waals surface area (Å²) in [6.07, 6.45) is 5.38. The molecule has 0 saturated carbocycles. The molecule has 0 aromatic heterocycles. The predicted octanol–water partition coefficient (Wildman–Crippen LogP) is 4.04. The van der Waals surface area contributed by atoms with Crippen molar-refractivity contribution >= 4 is 0 Å². The lowest BCUT2D eigenvalue weighted by Crippen LogP contribution is -2.26. The lowest BCUT2D eigenvalue weighted by molar-refractivity contribution is 0.219. The minimum atomic E-state index is 0.306. The first kappa shape index (κ1) is 14.1. The molecule has 0 aliphatic carbocycles. The van der Waals surface area contributed by atoms with Gasteiger partial charge in [-0.1, -0.05) is 30.7 Å². The Balaban J connectivity index is 2.27. The molecule has 0 spiro atoms. The Hall–Kier alpha value is -1.28. The number of benzene rings is 1. The molecule has 0 bridgehead atoms. The summed E-state index contributed by atoms with van der Waals surface area (Å²) >= 11 is 0. The fourth-order valence-electron chi connectivity index (χ4n) is 2.68. The second-order valence-electron chi connectivity index (χ2n) is 5.41. The van der Waals surface area contributed by atoms with Crippen LogP contribution in [0.5, 0.6) is 0 Å². The van der Waals surface area contributed by atoms with Crippen LogP contribution in [0.2, 0.25) is 0 Å². The first-order valence-electron chi connectivity index (χ1n) is 7.33. The average Bonchev–Trinajstić information content (AvgIpc) is 2.42. The molecule has 1 N–H and O–H groups in total. The van der Waals surface area contributed by atoms with Crippen molar-refractivity contribution in [2.45, 2.75) is 46.1 Å². The Kier molecular flexibility index (Phi) is 5.03. The Morgan fingerprint density at radius 2 is 2.16 bits per heavy atom. The molecule has 0 amide bonds. The van der Waals surface area contributed by atoms with Crippen molar-refractivity contribution in [3.8, 4) is 0 Å². The normalized spacial score (nSPS) is 16.7. The maximum atomic E-state index is 5.53. The van der Waals surface area contributed by atoms with Gasteiger partial charge >= 0.3 is 0 Å². The van der Waals surface area contributed by atoms with Crippen LogP contribution in [0.1, 0.15) is 48.9 Å². The molecule has 0 saturated heterocycles. The second-order valence-corrected chi connectivity index (χ2v) is 5.41. The van der Waals surface area contributed by atoms with Crippen molar-refractivity contribution < 1.29 is 4.74 Å². The van der Waals surface area contributed by atoms with Gasteiger partial charge in [0.15, 0.2) is 0 Å². The predicted molar refractivity (Wildman–Crippen MR) is 80.2 cm³/mol. The average molecular weight is 259 g/mol. The Morgan fingerprint density at radius 1 is 1.32 bits per heavy atom. The van der Waals surface area contributed by atoms with Crippen molar-refractivity contribution in [3.05, 3.63) is 46.7 Å². The number of aryl methyl sites for hydroxylation is 2. The van der Waals surface area contributed by atoms with Crippen LogP contribution in [0.3, 0.4) is 0 Å². The highest BCUT2D eigenvalue weighted by Crippen LogP contribution is 2.30. The van der Waals surface area contributed by atoms with Gasteiger partial charge in [-0.3, -0.25) is 0 Å². The molecular weight excluding hydrogens is 234 g/mol. The molecule has 1 aromatic rings. The maximum absolute atomic E-state index is 5.53. The van der Waals surface area contributed by atoms with E-state index in [1.54, 1.807) is 0 Å². The summed E-state index contributed by atoms with van der Waals surface area (Å²) in [6.45, 7) is 8.45. The minimum absolute atomic E-state index is 0.306. The minimum Gasteiger partial charge on any atom is -0.501 e. The summed E-state index contributed by atoms with van der Waals surface area (Å²) in [6, 6.07) is 7.03. The van der Waals surface area contributed by atoms with E-state index in [9.17, 15) is 0 Å². The van der Waals surface area contributed by atoms with Crippen LogP contribution in [0.4, 0.5) is 0 Å². The van der Waals surface area contributed by atoms with Crippen molar-refractivity contribution in [1.82, 2.24) is 5.32 Å². The number of hydrogen-bond donors (Lipinski definition) is 1. The Bertz CT molecular complexity index is 451. The molecule has 1 aliphatic heterocycles. The van der Waals surface area contributed by atoms with Gasteiger partial charge in [0.25, 0.3) is 0 Å². The van der Waals surface area contributed by atoms with Crippen LogP contribution in [0, 0.1) is 13.8 Å². The van der Waals surface area contributed by atoms with Crippen molar-refractivity contribution in [2.24, 2.45) is 0 Å². The third-order valence-electron chi connectivity index (χ3n) is 3.67. The maximum Gasteiger partial charge on any atom is 0.0876 e. The third kappa shape index (κ3) is 3.60. The monoisotopic (exact) mass is 259 g/mol. The number of hydrogen-bond acceptors (Lipinski definition) is 2. The molecule has 19 heavy (non-hydrogen) atoms. The summed E-state index contributed by atoms with van der Waals surface area (Å²) in [5.41, 5.74) is 5.45. The Labute approximate surface area is 116 Å². The van der Waals surface area contributed by atoms with E-state index in [-0.39, 0.29) is 0 Å². The summed E-state index contributed by atoms with van der Waals surface area (Å²) in [5, 5.41) is 3.67. The highest BCUT2D eigenvalue weighted by Gasteiger charge is 2.19. The molecule has 1 atom stereocenters. The van der Waals surface area contributed by atoms with E-state index in [0.29, 0.717) is 6.04 Å². The van der Waals surface area contributed by atoms with Gasteiger partial charge in [0, 0.05) is 0 Å². The standard InChI is InChI=1S/C17H25NO/c1-4-9-18-17(15-6-5-10-19-12-15)16-8-7-13(2)11-14(16)3/h7-8,11-12,17-18H,4-6,9-10H2,1-3H3. The van der Waals surface area contributed by atoms with E-state index in [2.05, 4.69) is 44.3 Å². The summed E-state index contributed by atoms with van der Waals surface area (Å²) < 4.78 is 5.53. The quantitative estimate of drug-likeness (QED) is 0.861. The SMILES string of the molecule is CCCNC(C1=COCCC1)c1ccc(C)cc1C. The Morgan fingerprint density at radius 3 is 2.79 bits per heavy atom. The molecule has 1 aromatic carbocycles. The number of nitrogens with one attached hydrogen (secondary N) is 1. The van der Waals surface area contributed by atoms with Crippen molar-refractivity contribution in [2.75, 3.05) is 13.2 Å². The first-order chi connectivity index (χ1) is 9.22. The fourth-order valence-corrected chi connectivity index (χ4v) is 2.68. The van der Waals surface area contributed by atoms with E-state index in [0.717, 1.165) is 32.4 Å². The van der Waals surface area contributed by atoms with Gasteiger partial charge in [-0.05, 0) is 56.4 Å². The van der Waals surface area contributed by atoms with Gasteiger partial charge in [-0.25, -0.2) is 0 Å². The lowest BCUT2D eigenvalue weighted by atomic mass is 9.91. The molecule has 1 heterocycles. The second kappa shape index (κ2) is 6.76. The van der Waals surface area contributed by atoms with Gasteiger partial charge in [0.2, 0.25) is 0 Å². The van der Waals surface area contributed by atoms with Gasteiger partial charge in [0.05, 0.1) is 18.9 Å². The molecule has 1 aliphatic rings. The number of ether oxygens (including phenoxy) is 1. The van der Waals surface area contributed by atoms with Gasteiger partial charge < -0.3 is 10.1 Å². The fraction of sp³-hybridized carbons (Fsp3) is 0.529. The van der Waals surface area contributed by atoms with Crippen molar-refractivity contribution in [3.63, 3.8) is 0 Å². The zero-order valence-electron chi connectivity index (χ0n) is 12.3.